The van der Waals surface area contributed by atoms with E-state index in [1.807, 2.05) is 0 Å². The lowest BCUT2D eigenvalue weighted by Gasteiger charge is -2.07. The summed E-state index contributed by atoms with van der Waals surface area (Å²) in [6.07, 6.45) is 1.29. The molecule has 1 heterocycles. The first kappa shape index (κ1) is 9.82. The number of methoxy groups -OCH3 is 2. The predicted octanol–water partition coefficient (Wildman–Crippen LogP) is -1.22. The molecule has 0 saturated carbocycles. The lowest BCUT2D eigenvalue weighted by molar-refractivity contribution is 0.380. The number of hydrogen-bond donors (Lipinski definition) is 2. The molecule has 5 nitrogen and oxygen atoms in total. The average molecular weight is 183 g/mol. The predicted molar refractivity (Wildman–Crippen MR) is 47.2 cm³/mol. The smallest absolute Gasteiger partial charge is 0.493 e. The van der Waals surface area contributed by atoms with Gasteiger partial charge < -0.3 is 19.5 Å². The zero-order valence-corrected chi connectivity index (χ0v) is 7.39. The van der Waals surface area contributed by atoms with Crippen molar-refractivity contribution in [2.45, 2.75) is 0 Å². The highest BCUT2D eigenvalue weighted by atomic mass is 16.5. The Balaban J connectivity index is 3.08. The molecule has 0 aromatic carbocycles. The second kappa shape index (κ2) is 4.11. The molecule has 6 heteroatoms. The molecule has 2 N–H and O–H groups in total. The van der Waals surface area contributed by atoms with Crippen LogP contribution in [-0.2, 0) is 0 Å². The van der Waals surface area contributed by atoms with Crippen LogP contribution in [0.25, 0.3) is 0 Å². The summed E-state index contributed by atoms with van der Waals surface area (Å²) in [6, 6.07) is 1.48. The van der Waals surface area contributed by atoms with Crippen molar-refractivity contribution in [3.05, 3.63) is 12.3 Å². The van der Waals surface area contributed by atoms with Crippen LogP contribution in [0.5, 0.6) is 11.6 Å². The molecular formula is C7H10BNO4. The molecule has 0 unspecified atom stereocenters. The summed E-state index contributed by atoms with van der Waals surface area (Å²) < 4.78 is 9.75. The van der Waals surface area contributed by atoms with Gasteiger partial charge in [0, 0.05) is 17.7 Å². The molecule has 1 aromatic heterocycles. The van der Waals surface area contributed by atoms with Gasteiger partial charge in [-0.15, -0.1) is 0 Å². The summed E-state index contributed by atoms with van der Waals surface area (Å²) >= 11 is 0. The van der Waals surface area contributed by atoms with Gasteiger partial charge in [0.05, 0.1) is 14.2 Å². The Kier molecular flexibility index (Phi) is 3.10. The minimum Gasteiger partial charge on any atom is -0.497 e. The van der Waals surface area contributed by atoms with Crippen LogP contribution in [-0.4, -0.2) is 36.4 Å². The van der Waals surface area contributed by atoms with Crippen LogP contribution in [0.15, 0.2) is 12.3 Å². The minimum absolute atomic E-state index is 0.211. The van der Waals surface area contributed by atoms with E-state index in [4.69, 9.17) is 19.5 Å². The van der Waals surface area contributed by atoms with Crippen molar-refractivity contribution >= 4 is 12.6 Å². The van der Waals surface area contributed by atoms with Gasteiger partial charge in [0.2, 0.25) is 5.88 Å². The Bertz CT molecular complexity index is 292. The van der Waals surface area contributed by atoms with Crippen molar-refractivity contribution in [1.82, 2.24) is 4.98 Å². The Morgan fingerprint density at radius 1 is 1.31 bits per heavy atom. The molecule has 0 radical (unpaired) electrons. The van der Waals surface area contributed by atoms with Gasteiger partial charge >= 0.3 is 7.12 Å². The molecule has 13 heavy (non-hydrogen) atoms. The van der Waals surface area contributed by atoms with Crippen molar-refractivity contribution in [2.75, 3.05) is 14.2 Å². The molecule has 0 fully saturated rings. The SMILES string of the molecule is COc1cc(OC)c(B(O)O)cn1. The normalized spacial score (nSPS) is 9.54. The third-order valence-electron chi connectivity index (χ3n) is 1.58. The van der Waals surface area contributed by atoms with Gasteiger partial charge in [-0.25, -0.2) is 4.98 Å². The molecule has 0 bridgehead atoms. The van der Waals surface area contributed by atoms with Crippen LogP contribution in [0.3, 0.4) is 0 Å². The lowest BCUT2D eigenvalue weighted by atomic mass is 9.81. The van der Waals surface area contributed by atoms with Gasteiger partial charge in [0.15, 0.2) is 0 Å². The number of rotatable bonds is 3. The van der Waals surface area contributed by atoms with E-state index in [1.54, 1.807) is 0 Å². The van der Waals surface area contributed by atoms with Crippen molar-refractivity contribution in [2.24, 2.45) is 0 Å². The summed E-state index contributed by atoms with van der Waals surface area (Å²) in [5.74, 6) is 0.697. The molecule has 70 valence electrons. The Morgan fingerprint density at radius 3 is 2.46 bits per heavy atom. The van der Waals surface area contributed by atoms with Crippen LogP contribution >= 0.6 is 0 Å². The third kappa shape index (κ3) is 2.10. The molecule has 0 atom stereocenters. The first-order valence-electron chi connectivity index (χ1n) is 3.63. The summed E-state index contributed by atoms with van der Waals surface area (Å²) in [6.45, 7) is 0. The van der Waals surface area contributed by atoms with Crippen molar-refractivity contribution in [1.29, 1.82) is 0 Å². The molecule has 0 aliphatic rings. The maximum absolute atomic E-state index is 8.89. The maximum atomic E-state index is 8.89. The van der Waals surface area contributed by atoms with E-state index in [2.05, 4.69) is 4.98 Å². The third-order valence-corrected chi connectivity index (χ3v) is 1.58. The van der Waals surface area contributed by atoms with Gasteiger partial charge in [-0.3, -0.25) is 0 Å². The second-order valence-corrected chi connectivity index (χ2v) is 2.34. The Morgan fingerprint density at radius 2 is 2.00 bits per heavy atom. The summed E-state index contributed by atoms with van der Waals surface area (Å²) in [4.78, 5) is 3.80. The quantitative estimate of drug-likeness (QED) is 0.574. The fourth-order valence-corrected chi connectivity index (χ4v) is 0.912. The topological polar surface area (TPSA) is 71.8 Å². The molecule has 0 aliphatic heterocycles. The zero-order chi connectivity index (χ0) is 9.84. The average Bonchev–Trinajstić information content (AvgIpc) is 2.16. The van der Waals surface area contributed by atoms with Crippen LogP contribution in [0.4, 0.5) is 0 Å². The van der Waals surface area contributed by atoms with Crippen LogP contribution in [0.2, 0.25) is 0 Å². The highest BCUT2D eigenvalue weighted by Crippen LogP contribution is 2.13. The van der Waals surface area contributed by atoms with Gasteiger partial charge in [0.25, 0.3) is 0 Å². The van der Waals surface area contributed by atoms with Crippen molar-refractivity contribution < 1.29 is 19.5 Å². The van der Waals surface area contributed by atoms with E-state index < -0.39 is 7.12 Å². The molecule has 0 spiro atoms. The van der Waals surface area contributed by atoms with E-state index in [-0.39, 0.29) is 5.46 Å². The van der Waals surface area contributed by atoms with Gasteiger partial charge in [-0.05, 0) is 0 Å². The van der Waals surface area contributed by atoms with Crippen molar-refractivity contribution in [3.8, 4) is 11.6 Å². The van der Waals surface area contributed by atoms with E-state index in [0.717, 1.165) is 0 Å². The molecule has 1 rings (SSSR count). The number of aromatic nitrogens is 1. The molecular weight excluding hydrogens is 173 g/mol. The first-order chi connectivity index (χ1) is 6.19. The Hall–Kier alpha value is -1.27. The highest BCUT2D eigenvalue weighted by Gasteiger charge is 2.17. The number of pyridine rings is 1. The fourth-order valence-electron chi connectivity index (χ4n) is 0.912. The maximum Gasteiger partial charge on any atom is 0.493 e. The highest BCUT2D eigenvalue weighted by molar-refractivity contribution is 6.59. The van der Waals surface area contributed by atoms with Gasteiger partial charge in [-0.1, -0.05) is 0 Å². The fraction of sp³-hybridized carbons (Fsp3) is 0.286. The summed E-state index contributed by atoms with van der Waals surface area (Å²) in [5.41, 5.74) is 0.211. The molecule has 0 amide bonds. The van der Waals surface area contributed by atoms with Crippen molar-refractivity contribution in [3.63, 3.8) is 0 Å². The van der Waals surface area contributed by atoms with Crippen LogP contribution in [0, 0.1) is 0 Å². The van der Waals surface area contributed by atoms with E-state index in [1.165, 1.54) is 26.5 Å². The Labute approximate surface area is 76.1 Å². The number of hydrogen-bond acceptors (Lipinski definition) is 5. The zero-order valence-electron chi connectivity index (χ0n) is 7.39. The van der Waals surface area contributed by atoms with Crippen LogP contribution in [0.1, 0.15) is 0 Å². The van der Waals surface area contributed by atoms with E-state index in [0.29, 0.717) is 11.6 Å². The van der Waals surface area contributed by atoms with Gasteiger partial charge in [0.1, 0.15) is 5.75 Å². The number of ether oxygens (including phenoxy) is 2. The lowest BCUT2D eigenvalue weighted by Crippen LogP contribution is -2.31. The standard InChI is InChI=1S/C7H10BNO4/c1-12-6-3-7(13-2)9-4-5(6)8(10)11/h3-4,10-11H,1-2H3. The second-order valence-electron chi connectivity index (χ2n) is 2.34. The first-order valence-corrected chi connectivity index (χ1v) is 3.63. The molecule has 1 aromatic rings. The number of nitrogens with zero attached hydrogens (tertiary/aromatic N) is 1. The van der Waals surface area contributed by atoms with Gasteiger partial charge in [-0.2, -0.15) is 0 Å². The molecule has 0 saturated heterocycles. The largest absolute Gasteiger partial charge is 0.497 e. The molecule has 0 aliphatic carbocycles. The van der Waals surface area contributed by atoms with Crippen LogP contribution < -0.4 is 14.9 Å². The van der Waals surface area contributed by atoms with E-state index >= 15 is 0 Å². The van der Waals surface area contributed by atoms with E-state index in [9.17, 15) is 0 Å². The summed E-state index contributed by atoms with van der Waals surface area (Å²) in [5, 5.41) is 17.8. The minimum atomic E-state index is -1.59. The summed E-state index contributed by atoms with van der Waals surface area (Å²) in [7, 11) is 1.31. The monoisotopic (exact) mass is 183 g/mol.